The number of benzene rings is 2. The molecule has 1 aliphatic carbocycles. The van der Waals surface area contributed by atoms with Crippen molar-refractivity contribution in [3.05, 3.63) is 83.1 Å². The quantitative estimate of drug-likeness (QED) is 0.645. The van der Waals surface area contributed by atoms with E-state index in [0.29, 0.717) is 18.5 Å². The highest BCUT2D eigenvalue weighted by molar-refractivity contribution is 6.22. The van der Waals surface area contributed by atoms with Crippen molar-refractivity contribution < 1.29 is 9.90 Å². The first-order valence-corrected chi connectivity index (χ1v) is 10.8. The van der Waals surface area contributed by atoms with Gasteiger partial charge in [0.2, 0.25) is 0 Å². The van der Waals surface area contributed by atoms with Gasteiger partial charge in [-0.2, -0.15) is 9.78 Å². The number of aromatic hydroxyl groups is 1. The highest BCUT2D eigenvalue weighted by atomic mass is 16.3. The minimum atomic E-state index is -0.160. The maximum atomic E-state index is 13.7. The van der Waals surface area contributed by atoms with Gasteiger partial charge in [-0.15, -0.1) is 0 Å². The first kappa shape index (κ1) is 19.5. The Kier molecular flexibility index (Phi) is 5.04. The van der Waals surface area contributed by atoms with Gasteiger partial charge in [-0.1, -0.05) is 48.5 Å². The fourth-order valence-corrected chi connectivity index (χ4v) is 4.66. The molecule has 0 spiro atoms. The van der Waals surface area contributed by atoms with Crippen LogP contribution in [0.15, 0.2) is 66.2 Å². The lowest BCUT2D eigenvalue weighted by Crippen LogP contribution is -2.27. The highest BCUT2D eigenvalue weighted by Gasteiger charge is 2.33. The fraction of sp³-hybridized carbons (Fsp3) is 0.231. The lowest BCUT2D eigenvalue weighted by molar-refractivity contribution is 0.0958. The summed E-state index contributed by atoms with van der Waals surface area (Å²) >= 11 is 0. The molecule has 5 nitrogen and oxygen atoms in total. The normalized spacial score (nSPS) is 16.3. The fourth-order valence-electron chi connectivity index (χ4n) is 4.66. The number of phenols is 1. The number of hydrogen-bond donors (Lipinski definition) is 2. The molecular formula is C26H25N3O2. The number of phenolic OH excluding ortho intramolecular Hbond substituents is 1. The molecule has 0 amide bonds. The first-order valence-electron chi connectivity index (χ1n) is 10.8. The average Bonchev–Trinajstić information content (AvgIpc) is 3.21. The van der Waals surface area contributed by atoms with Crippen molar-refractivity contribution in [2.45, 2.75) is 32.1 Å². The number of nitrogens with two attached hydrogens (primary N) is 1. The van der Waals surface area contributed by atoms with Crippen LogP contribution in [0.5, 0.6) is 5.75 Å². The Morgan fingerprint density at radius 2 is 1.77 bits per heavy atom. The molecule has 156 valence electrons. The Labute approximate surface area is 181 Å². The number of fused-ring (bicyclic) bond motifs is 1. The third kappa shape index (κ3) is 3.41. The van der Waals surface area contributed by atoms with Crippen LogP contribution >= 0.6 is 0 Å². The van der Waals surface area contributed by atoms with Crippen molar-refractivity contribution in [2.24, 2.45) is 5.73 Å². The summed E-state index contributed by atoms with van der Waals surface area (Å²) in [5.74, 6) is 0.00630. The van der Waals surface area contributed by atoms with Crippen LogP contribution in [0.4, 0.5) is 0 Å². The van der Waals surface area contributed by atoms with Crippen molar-refractivity contribution in [1.82, 2.24) is 9.78 Å². The Bertz CT molecular complexity index is 1200. The van der Waals surface area contributed by atoms with Crippen LogP contribution in [0.25, 0.3) is 22.4 Å². The number of hydrogen-bond acceptors (Lipinski definition) is 4. The van der Waals surface area contributed by atoms with E-state index in [-0.39, 0.29) is 11.7 Å². The van der Waals surface area contributed by atoms with Crippen molar-refractivity contribution >= 4 is 17.1 Å². The molecule has 0 radical (unpaired) electrons. The molecular weight excluding hydrogens is 386 g/mol. The summed E-state index contributed by atoms with van der Waals surface area (Å²) in [6.45, 7) is 0.298. The van der Waals surface area contributed by atoms with E-state index in [4.69, 9.17) is 10.8 Å². The summed E-state index contributed by atoms with van der Waals surface area (Å²) in [5, 5.41) is 14.5. The summed E-state index contributed by atoms with van der Waals surface area (Å²) in [6.07, 6.45) is 7.30. The number of carbonyl (C=O) groups excluding carboxylic acids is 1. The summed E-state index contributed by atoms with van der Waals surface area (Å²) < 4.78 is 1.58. The Morgan fingerprint density at radius 3 is 2.45 bits per heavy atom. The van der Waals surface area contributed by atoms with Gasteiger partial charge in [0.15, 0.2) is 0 Å². The van der Waals surface area contributed by atoms with E-state index in [1.165, 1.54) is 12.0 Å². The Balaban J connectivity index is 1.70. The molecule has 1 aliphatic heterocycles. The second kappa shape index (κ2) is 8.00. The summed E-state index contributed by atoms with van der Waals surface area (Å²) in [6, 6.07) is 16.8. The molecule has 0 atom stereocenters. The van der Waals surface area contributed by atoms with E-state index >= 15 is 0 Å². The van der Waals surface area contributed by atoms with Gasteiger partial charge >= 0.3 is 0 Å². The molecule has 1 aromatic heterocycles. The zero-order chi connectivity index (χ0) is 21.4. The van der Waals surface area contributed by atoms with Crippen LogP contribution in [0.2, 0.25) is 0 Å². The van der Waals surface area contributed by atoms with Gasteiger partial charge in [-0.05, 0) is 54.5 Å². The minimum absolute atomic E-state index is 0.160. The van der Waals surface area contributed by atoms with E-state index in [0.717, 1.165) is 52.9 Å². The molecule has 3 N–H and O–H groups in total. The maximum Gasteiger partial charge on any atom is 0.279 e. The smallest absolute Gasteiger partial charge is 0.279 e. The van der Waals surface area contributed by atoms with Gasteiger partial charge in [-0.3, -0.25) is 4.79 Å². The molecule has 0 fully saturated rings. The van der Waals surface area contributed by atoms with Gasteiger partial charge < -0.3 is 10.8 Å². The van der Waals surface area contributed by atoms with E-state index in [1.54, 1.807) is 28.9 Å². The predicted molar refractivity (Wildman–Crippen MR) is 123 cm³/mol. The van der Waals surface area contributed by atoms with Gasteiger partial charge in [-0.25, -0.2) is 0 Å². The van der Waals surface area contributed by atoms with Gasteiger partial charge in [0, 0.05) is 29.7 Å². The lowest BCUT2D eigenvalue weighted by atomic mass is 9.86. The van der Waals surface area contributed by atoms with Crippen molar-refractivity contribution in [2.75, 3.05) is 6.54 Å². The van der Waals surface area contributed by atoms with E-state index in [1.807, 2.05) is 30.3 Å². The molecule has 2 aromatic carbocycles. The Morgan fingerprint density at radius 1 is 1.00 bits per heavy atom. The molecule has 5 rings (SSSR count). The van der Waals surface area contributed by atoms with Crippen LogP contribution in [-0.4, -0.2) is 27.3 Å². The summed E-state index contributed by atoms with van der Waals surface area (Å²) in [4.78, 5) is 13.7. The SMILES string of the molecule is NCC1=C(c2ccc(O)cc2)C(=O)n2nc(-c3ccccc3)c(C3=CCCCC3)c2C1. The predicted octanol–water partition coefficient (Wildman–Crippen LogP) is 4.82. The molecule has 2 aliphatic rings. The highest BCUT2D eigenvalue weighted by Crippen LogP contribution is 2.40. The molecule has 2 heterocycles. The van der Waals surface area contributed by atoms with Crippen LogP contribution < -0.4 is 5.73 Å². The zero-order valence-corrected chi connectivity index (χ0v) is 17.3. The zero-order valence-electron chi connectivity index (χ0n) is 17.3. The monoisotopic (exact) mass is 411 g/mol. The van der Waals surface area contributed by atoms with E-state index in [2.05, 4.69) is 6.08 Å². The number of nitrogens with zero attached hydrogens (tertiary/aromatic N) is 2. The van der Waals surface area contributed by atoms with Crippen LogP contribution in [0, 0.1) is 0 Å². The third-order valence-corrected chi connectivity index (χ3v) is 6.18. The van der Waals surface area contributed by atoms with Gasteiger partial charge in [0.25, 0.3) is 5.91 Å². The molecule has 0 bridgehead atoms. The van der Waals surface area contributed by atoms with Crippen LogP contribution in [0.3, 0.4) is 0 Å². The van der Waals surface area contributed by atoms with E-state index < -0.39 is 0 Å². The number of allylic oxidation sites excluding steroid dienone is 3. The molecule has 0 unspecified atom stereocenters. The largest absolute Gasteiger partial charge is 0.508 e. The second-order valence-electron chi connectivity index (χ2n) is 8.13. The van der Waals surface area contributed by atoms with Crippen molar-refractivity contribution in [3.63, 3.8) is 0 Å². The van der Waals surface area contributed by atoms with E-state index in [9.17, 15) is 9.90 Å². The number of carbonyl (C=O) groups is 1. The van der Waals surface area contributed by atoms with Crippen LogP contribution in [-0.2, 0) is 6.42 Å². The molecule has 0 saturated heterocycles. The molecule has 3 aromatic rings. The summed E-state index contributed by atoms with van der Waals surface area (Å²) in [7, 11) is 0. The van der Waals surface area contributed by atoms with Gasteiger partial charge in [0.1, 0.15) is 11.4 Å². The second-order valence-corrected chi connectivity index (χ2v) is 8.13. The minimum Gasteiger partial charge on any atom is -0.508 e. The van der Waals surface area contributed by atoms with Gasteiger partial charge in [0.05, 0.1) is 5.69 Å². The topological polar surface area (TPSA) is 81.1 Å². The summed E-state index contributed by atoms with van der Waals surface area (Å²) in [5.41, 5.74) is 13.5. The number of aromatic nitrogens is 2. The van der Waals surface area contributed by atoms with Crippen molar-refractivity contribution in [3.8, 4) is 17.0 Å². The van der Waals surface area contributed by atoms with Crippen LogP contribution in [0.1, 0.15) is 47.3 Å². The molecule has 0 saturated carbocycles. The molecule has 5 heteroatoms. The number of rotatable bonds is 4. The molecule has 31 heavy (non-hydrogen) atoms. The maximum absolute atomic E-state index is 13.7. The standard InChI is InChI=1S/C26H25N3O2/c27-16-20-15-22-24(17-7-3-1-4-8-17)25(19-9-5-2-6-10-19)28-29(22)26(31)23(20)18-11-13-21(30)14-12-18/h2,5-7,9-14,30H,1,3-4,8,15-16,27H2. The van der Waals surface area contributed by atoms with Crippen molar-refractivity contribution in [1.29, 1.82) is 0 Å². The third-order valence-electron chi connectivity index (χ3n) is 6.18. The lowest BCUT2D eigenvalue weighted by Gasteiger charge is -2.22. The average molecular weight is 412 g/mol. The Hall–Kier alpha value is -3.44. The first-order chi connectivity index (χ1) is 15.2.